The second kappa shape index (κ2) is 6.27. The van der Waals surface area contributed by atoms with Crippen LogP contribution in [0.2, 0.25) is 0 Å². The Labute approximate surface area is 96.0 Å². The summed E-state index contributed by atoms with van der Waals surface area (Å²) in [5.41, 5.74) is 5.80. The molecule has 0 bridgehead atoms. The SMILES string of the molecule is CCC(C)C(N)C(=O)NCCn1cccn1. The molecule has 0 aliphatic heterocycles. The number of carbonyl (C=O) groups excluding carboxylic acids is 1. The lowest BCUT2D eigenvalue weighted by Gasteiger charge is -2.17. The molecule has 5 nitrogen and oxygen atoms in total. The molecule has 5 heteroatoms. The van der Waals surface area contributed by atoms with E-state index in [1.807, 2.05) is 26.1 Å². The second-order valence-electron chi connectivity index (χ2n) is 3.97. The number of hydrogen-bond acceptors (Lipinski definition) is 3. The van der Waals surface area contributed by atoms with Crippen LogP contribution in [-0.2, 0) is 11.3 Å². The first kappa shape index (κ1) is 12.7. The van der Waals surface area contributed by atoms with Gasteiger partial charge in [-0.25, -0.2) is 0 Å². The molecule has 1 aromatic rings. The molecule has 1 rings (SSSR count). The van der Waals surface area contributed by atoms with Gasteiger partial charge in [-0.05, 0) is 12.0 Å². The highest BCUT2D eigenvalue weighted by Gasteiger charge is 2.18. The van der Waals surface area contributed by atoms with Crippen molar-refractivity contribution in [3.63, 3.8) is 0 Å². The Morgan fingerprint density at radius 1 is 1.62 bits per heavy atom. The summed E-state index contributed by atoms with van der Waals surface area (Å²) in [7, 11) is 0. The van der Waals surface area contributed by atoms with Gasteiger partial charge in [-0.1, -0.05) is 20.3 Å². The van der Waals surface area contributed by atoms with Crippen LogP contribution in [0, 0.1) is 5.92 Å². The van der Waals surface area contributed by atoms with Crippen molar-refractivity contribution >= 4 is 5.91 Å². The van der Waals surface area contributed by atoms with Crippen molar-refractivity contribution in [1.82, 2.24) is 15.1 Å². The summed E-state index contributed by atoms with van der Waals surface area (Å²) in [5, 5.41) is 6.85. The summed E-state index contributed by atoms with van der Waals surface area (Å²) in [4.78, 5) is 11.6. The molecule has 3 N–H and O–H groups in total. The number of aromatic nitrogens is 2. The quantitative estimate of drug-likeness (QED) is 0.733. The normalized spacial score (nSPS) is 14.4. The van der Waals surface area contributed by atoms with Gasteiger partial charge in [0, 0.05) is 18.9 Å². The van der Waals surface area contributed by atoms with Gasteiger partial charge in [0.2, 0.25) is 5.91 Å². The molecule has 16 heavy (non-hydrogen) atoms. The molecule has 2 unspecified atom stereocenters. The van der Waals surface area contributed by atoms with Crippen molar-refractivity contribution in [3.05, 3.63) is 18.5 Å². The zero-order valence-electron chi connectivity index (χ0n) is 9.89. The first-order valence-corrected chi connectivity index (χ1v) is 5.66. The van der Waals surface area contributed by atoms with Crippen LogP contribution in [0.15, 0.2) is 18.5 Å². The lowest BCUT2D eigenvalue weighted by atomic mass is 9.99. The van der Waals surface area contributed by atoms with E-state index >= 15 is 0 Å². The van der Waals surface area contributed by atoms with Crippen LogP contribution in [0.25, 0.3) is 0 Å². The van der Waals surface area contributed by atoms with Gasteiger partial charge in [-0.15, -0.1) is 0 Å². The topological polar surface area (TPSA) is 72.9 Å². The van der Waals surface area contributed by atoms with Crippen molar-refractivity contribution in [3.8, 4) is 0 Å². The zero-order valence-corrected chi connectivity index (χ0v) is 9.89. The van der Waals surface area contributed by atoms with E-state index in [-0.39, 0.29) is 11.8 Å². The number of hydrogen-bond donors (Lipinski definition) is 2. The van der Waals surface area contributed by atoms with Gasteiger partial charge in [0.25, 0.3) is 0 Å². The number of rotatable bonds is 6. The Balaban J connectivity index is 2.24. The maximum absolute atomic E-state index is 11.6. The molecule has 1 amide bonds. The summed E-state index contributed by atoms with van der Waals surface area (Å²) in [6.45, 7) is 5.25. The second-order valence-corrected chi connectivity index (χ2v) is 3.97. The third-order valence-corrected chi connectivity index (χ3v) is 2.76. The zero-order chi connectivity index (χ0) is 12.0. The highest BCUT2D eigenvalue weighted by molar-refractivity contribution is 5.81. The molecular formula is C11H20N4O. The van der Waals surface area contributed by atoms with Gasteiger partial charge in [-0.3, -0.25) is 9.48 Å². The molecule has 90 valence electrons. The molecule has 0 radical (unpaired) electrons. The molecule has 0 saturated heterocycles. The minimum absolute atomic E-state index is 0.0819. The van der Waals surface area contributed by atoms with Crippen molar-refractivity contribution in [2.24, 2.45) is 11.7 Å². The molecule has 1 heterocycles. The molecule has 0 saturated carbocycles. The maximum Gasteiger partial charge on any atom is 0.237 e. The first-order chi connectivity index (χ1) is 7.65. The van der Waals surface area contributed by atoms with Crippen LogP contribution in [0.3, 0.4) is 0 Å². The smallest absolute Gasteiger partial charge is 0.237 e. The van der Waals surface area contributed by atoms with Crippen LogP contribution >= 0.6 is 0 Å². The Kier molecular flexibility index (Phi) is 4.98. The van der Waals surface area contributed by atoms with Crippen molar-refractivity contribution in [2.45, 2.75) is 32.9 Å². The Bertz CT molecular complexity index is 310. The fraction of sp³-hybridized carbons (Fsp3) is 0.636. The maximum atomic E-state index is 11.6. The van der Waals surface area contributed by atoms with E-state index in [0.29, 0.717) is 13.1 Å². The van der Waals surface area contributed by atoms with Gasteiger partial charge in [0.15, 0.2) is 0 Å². The van der Waals surface area contributed by atoms with Gasteiger partial charge in [-0.2, -0.15) is 5.10 Å². The Morgan fingerprint density at radius 2 is 2.38 bits per heavy atom. The van der Waals surface area contributed by atoms with Crippen LogP contribution < -0.4 is 11.1 Å². The van der Waals surface area contributed by atoms with Crippen LogP contribution in [0.4, 0.5) is 0 Å². The molecular weight excluding hydrogens is 204 g/mol. The van der Waals surface area contributed by atoms with E-state index in [2.05, 4.69) is 10.4 Å². The number of amides is 1. The average Bonchev–Trinajstić information content (AvgIpc) is 2.79. The fourth-order valence-electron chi connectivity index (χ4n) is 1.36. The van der Waals surface area contributed by atoms with E-state index in [4.69, 9.17) is 5.73 Å². The lowest BCUT2D eigenvalue weighted by Crippen LogP contribution is -2.45. The average molecular weight is 224 g/mol. The summed E-state index contributed by atoms with van der Waals surface area (Å²) < 4.78 is 1.77. The summed E-state index contributed by atoms with van der Waals surface area (Å²) in [6.07, 6.45) is 4.49. The van der Waals surface area contributed by atoms with Crippen molar-refractivity contribution < 1.29 is 4.79 Å². The Morgan fingerprint density at radius 3 is 2.94 bits per heavy atom. The van der Waals surface area contributed by atoms with E-state index in [9.17, 15) is 4.79 Å². The molecule has 0 aliphatic carbocycles. The highest BCUT2D eigenvalue weighted by atomic mass is 16.2. The third kappa shape index (κ3) is 3.66. The molecule has 2 atom stereocenters. The minimum Gasteiger partial charge on any atom is -0.353 e. The Hall–Kier alpha value is -1.36. The summed E-state index contributed by atoms with van der Waals surface area (Å²) >= 11 is 0. The third-order valence-electron chi connectivity index (χ3n) is 2.76. The largest absolute Gasteiger partial charge is 0.353 e. The van der Waals surface area contributed by atoms with Gasteiger partial charge < -0.3 is 11.1 Å². The van der Waals surface area contributed by atoms with E-state index in [1.54, 1.807) is 10.9 Å². The predicted octanol–water partition coefficient (Wildman–Crippen LogP) is 0.373. The molecule has 0 spiro atoms. The lowest BCUT2D eigenvalue weighted by molar-refractivity contribution is -0.123. The minimum atomic E-state index is -0.414. The van der Waals surface area contributed by atoms with Gasteiger partial charge >= 0.3 is 0 Å². The number of nitrogens with two attached hydrogens (primary N) is 1. The number of nitrogens with zero attached hydrogens (tertiary/aromatic N) is 2. The summed E-state index contributed by atoms with van der Waals surface area (Å²) in [6, 6.07) is 1.44. The molecule has 0 aliphatic rings. The predicted molar refractivity (Wildman–Crippen MR) is 62.7 cm³/mol. The molecule has 0 fully saturated rings. The summed E-state index contributed by atoms with van der Waals surface area (Å²) in [5.74, 6) is 0.131. The van der Waals surface area contributed by atoms with Gasteiger partial charge in [0.1, 0.15) is 0 Å². The van der Waals surface area contributed by atoms with Crippen molar-refractivity contribution in [1.29, 1.82) is 0 Å². The van der Waals surface area contributed by atoms with E-state index in [1.165, 1.54) is 0 Å². The van der Waals surface area contributed by atoms with Crippen LogP contribution in [0.1, 0.15) is 20.3 Å². The van der Waals surface area contributed by atoms with E-state index in [0.717, 1.165) is 6.42 Å². The van der Waals surface area contributed by atoms with E-state index < -0.39 is 6.04 Å². The number of carbonyl (C=O) groups is 1. The standard InChI is InChI=1S/C11H20N4O/c1-3-9(2)10(12)11(16)13-6-8-15-7-4-5-14-15/h4-5,7,9-10H,3,6,8,12H2,1-2H3,(H,13,16). The fourth-order valence-corrected chi connectivity index (χ4v) is 1.36. The van der Waals surface area contributed by atoms with Crippen LogP contribution in [-0.4, -0.2) is 28.3 Å². The van der Waals surface area contributed by atoms with Crippen LogP contribution in [0.5, 0.6) is 0 Å². The highest BCUT2D eigenvalue weighted by Crippen LogP contribution is 2.04. The number of nitrogens with one attached hydrogen (secondary N) is 1. The van der Waals surface area contributed by atoms with Crippen molar-refractivity contribution in [2.75, 3.05) is 6.54 Å². The first-order valence-electron chi connectivity index (χ1n) is 5.66. The molecule has 0 aromatic carbocycles. The molecule has 1 aromatic heterocycles. The monoisotopic (exact) mass is 224 g/mol. The van der Waals surface area contributed by atoms with Gasteiger partial charge in [0.05, 0.1) is 12.6 Å².